The molecule has 0 fully saturated rings. The summed E-state index contributed by atoms with van der Waals surface area (Å²) >= 11 is 1.83. The zero-order chi connectivity index (χ0) is 21.7. The van der Waals surface area contributed by atoms with Crippen LogP contribution in [0.5, 0.6) is 0 Å². The van der Waals surface area contributed by atoms with E-state index in [1.165, 1.54) is 16.0 Å². The number of anilines is 1. The van der Waals surface area contributed by atoms with Crippen molar-refractivity contribution in [3.8, 4) is 0 Å². The van der Waals surface area contributed by atoms with Gasteiger partial charge in [0.2, 0.25) is 0 Å². The molecule has 0 bridgehead atoms. The normalized spacial score (nSPS) is 16.3. The highest BCUT2D eigenvalue weighted by molar-refractivity contribution is 7.10. The average molecular weight is 436 g/mol. The van der Waals surface area contributed by atoms with Crippen LogP contribution in [0, 0.1) is 0 Å². The molecule has 6 nitrogen and oxygen atoms in total. The summed E-state index contributed by atoms with van der Waals surface area (Å²) in [5, 5.41) is 17.4. The standard InChI is InChI=1S/C18H18N4S.C2HF3O2/c19-18-8-7-14(20-21-18)11-22-10-13-4-1-2-5-15(13)16(12-22)17-6-3-9-23-17;3-2(4,5)1(6)7/h1-9,16H,10-12H2,(H2,19,21);(H,6,7). The Hall–Kier alpha value is -2.98. The van der Waals surface area contributed by atoms with Gasteiger partial charge in [0.15, 0.2) is 0 Å². The molecule has 0 spiro atoms. The lowest BCUT2D eigenvalue weighted by atomic mass is 9.88. The van der Waals surface area contributed by atoms with Gasteiger partial charge in [-0.05, 0) is 34.7 Å². The molecular weight excluding hydrogens is 417 g/mol. The van der Waals surface area contributed by atoms with Crippen LogP contribution in [0.2, 0.25) is 0 Å². The first-order chi connectivity index (χ1) is 14.2. The van der Waals surface area contributed by atoms with Gasteiger partial charge in [-0.1, -0.05) is 30.3 Å². The molecule has 3 N–H and O–H groups in total. The maximum Gasteiger partial charge on any atom is 0.490 e. The first-order valence-corrected chi connectivity index (χ1v) is 9.83. The van der Waals surface area contributed by atoms with Crippen LogP contribution in [-0.4, -0.2) is 38.9 Å². The van der Waals surface area contributed by atoms with Crippen LogP contribution in [0.15, 0.2) is 53.9 Å². The SMILES string of the molecule is Nc1ccc(CN2Cc3ccccc3C(c3cccs3)C2)nn1.O=C(O)C(F)(F)F. The minimum absolute atomic E-state index is 0.432. The largest absolute Gasteiger partial charge is 0.490 e. The second-order valence-electron chi connectivity index (χ2n) is 6.69. The van der Waals surface area contributed by atoms with E-state index >= 15 is 0 Å². The molecule has 0 saturated heterocycles. The summed E-state index contributed by atoms with van der Waals surface area (Å²) in [6.07, 6.45) is -5.08. The summed E-state index contributed by atoms with van der Waals surface area (Å²) in [5.74, 6) is -1.86. The number of halogens is 3. The zero-order valence-corrected chi connectivity index (χ0v) is 16.5. The number of aromatic nitrogens is 2. The van der Waals surface area contributed by atoms with Gasteiger partial charge < -0.3 is 10.8 Å². The summed E-state index contributed by atoms with van der Waals surface area (Å²) in [4.78, 5) is 12.8. The molecule has 0 radical (unpaired) electrons. The van der Waals surface area contributed by atoms with Gasteiger partial charge in [-0.25, -0.2) is 4.79 Å². The van der Waals surface area contributed by atoms with E-state index in [9.17, 15) is 13.2 Å². The van der Waals surface area contributed by atoms with Crippen molar-refractivity contribution in [3.63, 3.8) is 0 Å². The van der Waals surface area contributed by atoms with Gasteiger partial charge in [0.25, 0.3) is 0 Å². The molecule has 158 valence electrons. The van der Waals surface area contributed by atoms with E-state index in [0.29, 0.717) is 11.7 Å². The fourth-order valence-corrected chi connectivity index (χ4v) is 4.05. The maximum atomic E-state index is 10.6. The number of carbonyl (C=O) groups is 1. The fraction of sp³-hybridized carbons (Fsp3) is 0.250. The van der Waals surface area contributed by atoms with Crippen molar-refractivity contribution in [2.24, 2.45) is 0 Å². The molecule has 1 aromatic carbocycles. The van der Waals surface area contributed by atoms with Crippen molar-refractivity contribution in [2.75, 3.05) is 12.3 Å². The Kier molecular flexibility index (Phi) is 6.68. The molecule has 3 heterocycles. The molecule has 2 aromatic heterocycles. The number of nitrogen functional groups attached to an aromatic ring is 1. The van der Waals surface area contributed by atoms with E-state index in [1.807, 2.05) is 23.5 Å². The predicted molar refractivity (Wildman–Crippen MR) is 107 cm³/mol. The van der Waals surface area contributed by atoms with Gasteiger partial charge >= 0.3 is 12.1 Å². The first kappa shape index (κ1) is 21.7. The van der Waals surface area contributed by atoms with Crippen molar-refractivity contribution in [3.05, 3.63) is 75.6 Å². The van der Waals surface area contributed by atoms with Gasteiger partial charge in [-0.15, -0.1) is 16.4 Å². The monoisotopic (exact) mass is 436 g/mol. The van der Waals surface area contributed by atoms with E-state index < -0.39 is 12.1 Å². The lowest BCUT2D eigenvalue weighted by Crippen LogP contribution is -2.33. The van der Waals surface area contributed by atoms with Crippen LogP contribution in [0.3, 0.4) is 0 Å². The van der Waals surface area contributed by atoms with Gasteiger partial charge in [0.1, 0.15) is 5.82 Å². The van der Waals surface area contributed by atoms with Gasteiger partial charge in [0, 0.05) is 30.4 Å². The Bertz CT molecular complexity index is 978. The molecule has 3 aromatic rings. The van der Waals surface area contributed by atoms with E-state index in [2.05, 4.69) is 56.9 Å². The number of hydrogen-bond donors (Lipinski definition) is 2. The topological polar surface area (TPSA) is 92.3 Å². The molecule has 1 atom stereocenters. The molecule has 10 heteroatoms. The van der Waals surface area contributed by atoms with Gasteiger partial charge in [-0.3, -0.25) is 4.90 Å². The molecule has 0 amide bonds. The summed E-state index contributed by atoms with van der Waals surface area (Å²) in [5.41, 5.74) is 9.44. The Morgan fingerprint density at radius 3 is 2.50 bits per heavy atom. The lowest BCUT2D eigenvalue weighted by molar-refractivity contribution is -0.192. The number of aliphatic carboxylic acids is 1. The third kappa shape index (κ3) is 5.55. The third-order valence-electron chi connectivity index (χ3n) is 4.52. The van der Waals surface area contributed by atoms with Crippen LogP contribution >= 0.6 is 11.3 Å². The fourth-order valence-electron chi connectivity index (χ4n) is 3.22. The Labute approximate surface area is 174 Å². The predicted octanol–water partition coefficient (Wildman–Crippen LogP) is 3.90. The highest BCUT2D eigenvalue weighted by Crippen LogP contribution is 2.35. The number of alkyl halides is 3. The molecule has 1 aliphatic heterocycles. The number of carboxylic acid groups (broad SMARTS) is 1. The van der Waals surface area contributed by atoms with E-state index in [4.69, 9.17) is 15.6 Å². The minimum Gasteiger partial charge on any atom is -0.475 e. The quantitative estimate of drug-likeness (QED) is 0.647. The van der Waals surface area contributed by atoms with Crippen molar-refractivity contribution in [1.82, 2.24) is 15.1 Å². The van der Waals surface area contributed by atoms with Gasteiger partial charge in [-0.2, -0.15) is 18.3 Å². The zero-order valence-electron chi connectivity index (χ0n) is 15.7. The molecular formula is C20H19F3N4O2S. The summed E-state index contributed by atoms with van der Waals surface area (Å²) in [6.45, 7) is 2.75. The summed E-state index contributed by atoms with van der Waals surface area (Å²) in [6, 6.07) is 16.9. The number of fused-ring (bicyclic) bond motifs is 1. The van der Waals surface area contributed by atoms with E-state index in [0.717, 1.165) is 25.3 Å². The number of hydrogen-bond acceptors (Lipinski definition) is 6. The van der Waals surface area contributed by atoms with Crippen molar-refractivity contribution < 1.29 is 23.1 Å². The second kappa shape index (κ2) is 9.23. The minimum atomic E-state index is -5.08. The molecule has 0 saturated carbocycles. The van der Waals surface area contributed by atoms with Crippen LogP contribution in [-0.2, 0) is 17.9 Å². The molecule has 4 rings (SSSR count). The van der Waals surface area contributed by atoms with Gasteiger partial charge in [0.05, 0.1) is 5.69 Å². The third-order valence-corrected chi connectivity index (χ3v) is 5.51. The number of benzene rings is 1. The smallest absolute Gasteiger partial charge is 0.475 e. The Morgan fingerprint density at radius 2 is 1.90 bits per heavy atom. The summed E-state index contributed by atoms with van der Waals surface area (Å²) < 4.78 is 31.7. The van der Waals surface area contributed by atoms with Crippen LogP contribution in [0.25, 0.3) is 0 Å². The molecule has 0 aliphatic carbocycles. The summed E-state index contributed by atoms with van der Waals surface area (Å²) in [7, 11) is 0. The van der Waals surface area contributed by atoms with Crippen LogP contribution in [0.4, 0.5) is 19.0 Å². The van der Waals surface area contributed by atoms with Crippen molar-refractivity contribution in [2.45, 2.75) is 25.2 Å². The van der Waals surface area contributed by atoms with Crippen molar-refractivity contribution >= 4 is 23.1 Å². The number of thiophene rings is 1. The Morgan fingerprint density at radius 1 is 1.17 bits per heavy atom. The number of nitrogens with two attached hydrogens (primary N) is 1. The highest BCUT2D eigenvalue weighted by atomic mass is 32.1. The average Bonchev–Trinajstić information content (AvgIpc) is 3.23. The van der Waals surface area contributed by atoms with E-state index in [-0.39, 0.29) is 0 Å². The Balaban J connectivity index is 0.000000318. The molecule has 1 aliphatic rings. The lowest BCUT2D eigenvalue weighted by Gasteiger charge is -2.34. The van der Waals surface area contributed by atoms with Crippen LogP contribution < -0.4 is 5.73 Å². The number of nitrogens with zero attached hydrogens (tertiary/aromatic N) is 3. The molecule has 30 heavy (non-hydrogen) atoms. The van der Waals surface area contributed by atoms with E-state index in [1.54, 1.807) is 0 Å². The second-order valence-corrected chi connectivity index (χ2v) is 7.67. The maximum absolute atomic E-state index is 10.6. The molecule has 1 unspecified atom stereocenters. The van der Waals surface area contributed by atoms with Crippen molar-refractivity contribution in [1.29, 1.82) is 0 Å². The van der Waals surface area contributed by atoms with Crippen LogP contribution in [0.1, 0.15) is 27.6 Å². The number of rotatable bonds is 3. The highest BCUT2D eigenvalue weighted by Gasteiger charge is 2.38. The first-order valence-electron chi connectivity index (χ1n) is 8.96. The number of carboxylic acids is 1.